The third-order valence-corrected chi connectivity index (χ3v) is 16.1. The van der Waals surface area contributed by atoms with Gasteiger partial charge in [-0.3, -0.25) is 9.55 Å². The number of rotatable bonds is 8. The van der Waals surface area contributed by atoms with Crippen LogP contribution in [-0.4, -0.2) is 63.9 Å². The van der Waals surface area contributed by atoms with E-state index in [-0.39, 0.29) is 32.1 Å². The van der Waals surface area contributed by atoms with Gasteiger partial charge in [0.25, 0.3) is 0 Å². The fourth-order valence-electron chi connectivity index (χ4n) is 11.2. The molecule has 3 aliphatic rings. The highest BCUT2D eigenvalue weighted by atomic mass is 16.7. The zero-order valence-electron chi connectivity index (χ0n) is 53.0. The average molecular weight is 1120 g/mol. The summed E-state index contributed by atoms with van der Waals surface area (Å²) < 4.78 is 51.2. The molecule has 0 spiro atoms. The topological polar surface area (TPSA) is 102 Å². The number of aryl methyl sites for hydroxylation is 1. The van der Waals surface area contributed by atoms with Gasteiger partial charge in [-0.05, 0) is 110 Å². The van der Waals surface area contributed by atoms with E-state index in [0.29, 0.717) is 18.2 Å². The van der Waals surface area contributed by atoms with Crippen molar-refractivity contribution in [1.82, 2.24) is 14.5 Å². The van der Waals surface area contributed by atoms with Gasteiger partial charge in [-0.15, -0.1) is 0 Å². The number of hydrogen-bond acceptors (Lipinski definition) is 11. The van der Waals surface area contributed by atoms with E-state index in [9.17, 15) is 0 Å². The van der Waals surface area contributed by atoms with Crippen LogP contribution in [0.2, 0.25) is 21.3 Å². The molecule has 84 heavy (non-hydrogen) atoms. The third-order valence-electron chi connectivity index (χ3n) is 16.1. The fraction of sp³-hybridized carbons (Fsp3) is 0.394. The first kappa shape index (κ1) is 59.5. The molecule has 0 unspecified atom stereocenters. The Kier molecular flexibility index (Phi) is 15.3. The van der Waals surface area contributed by atoms with E-state index in [4.69, 9.17) is 42.1 Å². The Labute approximate surface area is 501 Å². The van der Waals surface area contributed by atoms with Gasteiger partial charge in [0.1, 0.15) is 18.2 Å². The molecule has 8 aromatic rings. The van der Waals surface area contributed by atoms with Crippen molar-refractivity contribution in [3.8, 4) is 28.4 Å². The number of ether oxygens (including phenoxy) is 1. The number of benzene rings is 5. The molecule has 6 heterocycles. The number of pyridine rings is 2. The zero-order valence-corrected chi connectivity index (χ0v) is 53.0. The first-order valence-electron chi connectivity index (χ1n) is 29.8. The van der Waals surface area contributed by atoms with Crippen molar-refractivity contribution >= 4 is 98.2 Å². The molecule has 0 atom stereocenters. The number of hydrogen-bond donors (Lipinski definition) is 0. The van der Waals surface area contributed by atoms with E-state index in [0.717, 1.165) is 83.7 Å². The predicted octanol–water partition coefficient (Wildman–Crippen LogP) is 15.9. The van der Waals surface area contributed by atoms with Crippen LogP contribution in [0, 0.1) is 6.92 Å². The summed E-state index contributed by atoms with van der Waals surface area (Å²) in [5.74, 6) is 2.16. The van der Waals surface area contributed by atoms with Gasteiger partial charge in [-0.2, -0.15) is 0 Å². The largest absolute Gasteiger partial charge is 0.468 e. The molecule has 0 amide bonds. The maximum absolute atomic E-state index is 7.10. The molecule has 2 fully saturated rings. The monoisotopic (exact) mass is 1120 g/mol. The molecule has 0 N–H and O–H groups in total. The van der Waals surface area contributed by atoms with Crippen LogP contribution in [0.25, 0.3) is 38.8 Å². The van der Waals surface area contributed by atoms with E-state index < -0.39 is 42.7 Å². The zero-order chi connectivity index (χ0) is 60.2. The molecule has 2 saturated heterocycles. The van der Waals surface area contributed by atoms with Crippen LogP contribution in [-0.2, 0) is 38.3 Å². The summed E-state index contributed by atoms with van der Waals surface area (Å²) in [6.45, 7) is 41.5. The van der Waals surface area contributed by atoms with Crippen molar-refractivity contribution in [1.29, 1.82) is 0 Å². The summed E-state index contributed by atoms with van der Waals surface area (Å²) in [5.41, 5.74) is 12.4. The number of nitrogens with zero attached hydrogens (tertiary/aromatic N) is 5. The van der Waals surface area contributed by atoms with Gasteiger partial charge in [0.15, 0.2) is 5.75 Å². The highest BCUT2D eigenvalue weighted by Crippen LogP contribution is 2.48. The van der Waals surface area contributed by atoms with Gasteiger partial charge >= 0.3 is 42.7 Å². The summed E-state index contributed by atoms with van der Waals surface area (Å²) in [7, 11) is -4.05. The van der Waals surface area contributed by atoms with Crippen molar-refractivity contribution in [2.45, 2.75) is 164 Å². The van der Waals surface area contributed by atoms with E-state index in [1.165, 1.54) is 5.56 Å². The lowest BCUT2D eigenvalue weighted by atomic mass is 9.49. The van der Waals surface area contributed by atoms with Crippen molar-refractivity contribution < 1.29 is 32.2 Å². The lowest BCUT2D eigenvalue weighted by Crippen LogP contribution is -2.62. The minimum Gasteiger partial charge on any atom is -0.455 e. The highest BCUT2D eigenvalue weighted by molar-refractivity contribution is 6.84. The van der Waals surface area contributed by atoms with Crippen molar-refractivity contribution in [2.24, 2.45) is 0 Å². The number of aromatic nitrogens is 3. The van der Waals surface area contributed by atoms with E-state index in [1.54, 1.807) is 0 Å². The van der Waals surface area contributed by atoms with Crippen LogP contribution in [0.4, 0.5) is 22.7 Å². The Morgan fingerprint density at radius 2 is 1.00 bits per heavy atom. The lowest BCUT2D eigenvalue weighted by molar-refractivity contribution is 0.250. The minimum atomic E-state index is -0.845. The highest BCUT2D eigenvalue weighted by Gasteiger charge is 2.55. The van der Waals surface area contributed by atoms with E-state index in [2.05, 4.69) is 260 Å². The van der Waals surface area contributed by atoms with Gasteiger partial charge in [-0.1, -0.05) is 185 Å². The van der Waals surface area contributed by atoms with Crippen LogP contribution in [0.15, 0.2) is 134 Å². The number of anilines is 4. The molecule has 12 nitrogen and oxygen atoms in total. The first-order chi connectivity index (χ1) is 39.3. The SMILES string of the molecule is Cc1ncc(N2CN(c3c(B4OB(C(C)(C)C)OB(C(C)(C)C)O4)cc(C(C)(C)C)cc3B3OB(C(C)(C)C)OB(C(C)(C)C)O3)c3ccccc32)cc1Oc1ccc2c3cc(-c4ccccc4)ccc3n(-c3cc(C(C)(C)C)ccn3)c2c1. The maximum atomic E-state index is 7.10. The average Bonchev–Trinajstić information content (AvgIpc) is 1.67. The standard InChI is InChI=1S/C66H81B6N5O7/c1-43-58(78-49-30-31-50-51-35-45(44-25-21-20-22-26-44)29-32-54(51)77(57(50)40-49)59-38-46(33-34-73-59)61(2,3)4)39-48(41-74-43)75-42-76(56-28-24-23-27-55(56)75)60-52(67-79-69(63(8,9)10)83-70(80-67)64(11,12)13)36-47(62(5,6)7)37-53(60)68-81-71(65(14,15)16)84-72(82-68)66(17,18)19/h20-41H,42H2,1-19H3. The molecular weight excluding hydrogens is 1040 g/mol. The summed E-state index contributed by atoms with van der Waals surface area (Å²) in [6.07, 6.45) is 3.85. The molecule has 18 heteroatoms. The van der Waals surface area contributed by atoms with Gasteiger partial charge < -0.3 is 42.0 Å². The van der Waals surface area contributed by atoms with Crippen LogP contribution < -0.4 is 25.5 Å². The van der Waals surface area contributed by atoms with Gasteiger partial charge in [0.05, 0.1) is 40.0 Å². The second kappa shape index (κ2) is 21.6. The van der Waals surface area contributed by atoms with Crippen molar-refractivity contribution in [3.05, 3.63) is 151 Å². The molecule has 3 aromatic heterocycles. The lowest BCUT2D eigenvalue weighted by Gasteiger charge is -2.43. The fourth-order valence-corrected chi connectivity index (χ4v) is 11.2. The van der Waals surface area contributed by atoms with E-state index >= 15 is 0 Å². The Bertz CT molecular complexity index is 3650. The van der Waals surface area contributed by atoms with Crippen molar-refractivity contribution in [3.63, 3.8) is 0 Å². The summed E-state index contributed by atoms with van der Waals surface area (Å²) >= 11 is 0. The maximum Gasteiger partial charge on any atom is 0.468 e. The second-order valence-electron chi connectivity index (χ2n) is 29.7. The number of para-hydroxylation sites is 2. The quantitative estimate of drug-likeness (QED) is 0.136. The van der Waals surface area contributed by atoms with Crippen molar-refractivity contribution in [2.75, 3.05) is 16.5 Å². The minimum absolute atomic E-state index is 0.0761. The van der Waals surface area contributed by atoms with Crippen LogP contribution in [0.5, 0.6) is 11.5 Å². The molecular formula is C66H81B6N5O7. The van der Waals surface area contributed by atoms with Crippen LogP contribution in [0.1, 0.15) is 141 Å². The predicted molar refractivity (Wildman–Crippen MR) is 352 cm³/mol. The van der Waals surface area contributed by atoms with Crippen LogP contribution >= 0.6 is 0 Å². The number of fused-ring (bicyclic) bond motifs is 4. The second-order valence-corrected chi connectivity index (χ2v) is 29.7. The Hall–Kier alpha value is -6.25. The molecule has 430 valence electrons. The molecule has 0 radical (unpaired) electrons. The van der Waals surface area contributed by atoms with Gasteiger partial charge in [-0.25, -0.2) is 4.98 Å². The normalized spacial score (nSPS) is 16.0. The van der Waals surface area contributed by atoms with Gasteiger partial charge in [0.2, 0.25) is 0 Å². The molecule has 0 bridgehead atoms. The van der Waals surface area contributed by atoms with Gasteiger partial charge in [0, 0.05) is 45.7 Å². The van der Waals surface area contributed by atoms with Crippen LogP contribution in [0.3, 0.4) is 0 Å². The third kappa shape index (κ3) is 11.8. The summed E-state index contributed by atoms with van der Waals surface area (Å²) in [6, 6.07) is 43.1. The molecule has 3 aliphatic heterocycles. The Morgan fingerprint density at radius 1 is 0.464 bits per heavy atom. The van der Waals surface area contributed by atoms with E-state index in [1.807, 2.05) is 19.3 Å². The smallest absolute Gasteiger partial charge is 0.455 e. The summed E-state index contributed by atoms with van der Waals surface area (Å²) in [4.78, 5) is 14.7. The summed E-state index contributed by atoms with van der Waals surface area (Å²) in [5, 5.41) is 0.694. The molecule has 0 aliphatic carbocycles. The molecule has 5 aromatic carbocycles. The first-order valence-corrected chi connectivity index (χ1v) is 29.8. The Morgan fingerprint density at radius 3 is 1.54 bits per heavy atom. The molecule has 11 rings (SSSR count). The Balaban J connectivity index is 1.04. The molecule has 0 saturated carbocycles.